The Morgan fingerprint density at radius 3 is 2.33 bits per heavy atom. The number of methoxy groups -OCH3 is 2. The topological polar surface area (TPSA) is 140 Å². The van der Waals surface area contributed by atoms with Crippen LogP contribution in [0, 0.1) is 0 Å². The van der Waals surface area contributed by atoms with Gasteiger partial charge in [0.1, 0.15) is 0 Å². The van der Waals surface area contributed by atoms with Crippen molar-refractivity contribution in [1.29, 1.82) is 0 Å². The SMILES string of the molecule is COc1cc(NS(=O)(=O)c2ccc(NC(=S)Nc3nnc(C(F)(F)F)s3)cc2)nc(OC)n1. The zero-order chi connectivity index (χ0) is 24.2. The summed E-state index contributed by atoms with van der Waals surface area (Å²) in [5.41, 5.74) is 0.373. The highest BCUT2D eigenvalue weighted by Gasteiger charge is 2.35. The van der Waals surface area contributed by atoms with Gasteiger partial charge in [-0.05, 0) is 36.5 Å². The molecule has 0 atom stereocenters. The van der Waals surface area contributed by atoms with E-state index in [0.717, 1.165) is 0 Å². The number of ether oxygens (including phenoxy) is 2. The molecule has 0 fully saturated rings. The van der Waals surface area contributed by atoms with Crippen LogP contribution in [0.15, 0.2) is 35.2 Å². The highest BCUT2D eigenvalue weighted by Crippen LogP contribution is 2.33. The van der Waals surface area contributed by atoms with Gasteiger partial charge < -0.3 is 20.1 Å². The quantitative estimate of drug-likeness (QED) is 0.395. The molecule has 1 aromatic carbocycles. The molecule has 0 aliphatic heterocycles. The summed E-state index contributed by atoms with van der Waals surface area (Å²) in [7, 11) is -1.35. The van der Waals surface area contributed by atoms with Crippen LogP contribution >= 0.6 is 23.6 Å². The van der Waals surface area contributed by atoms with Crippen molar-refractivity contribution in [1.82, 2.24) is 20.2 Å². The fourth-order valence-electron chi connectivity index (χ4n) is 2.21. The minimum Gasteiger partial charge on any atom is -0.481 e. The molecule has 0 amide bonds. The number of sulfonamides is 1. The Labute approximate surface area is 194 Å². The van der Waals surface area contributed by atoms with Crippen molar-refractivity contribution in [2.75, 3.05) is 29.6 Å². The lowest BCUT2D eigenvalue weighted by Gasteiger charge is -2.11. The Kier molecular flexibility index (Phi) is 7.13. The molecule has 0 spiro atoms. The van der Waals surface area contributed by atoms with E-state index in [9.17, 15) is 21.6 Å². The van der Waals surface area contributed by atoms with Gasteiger partial charge in [-0.2, -0.15) is 23.1 Å². The fourth-order valence-corrected chi connectivity index (χ4v) is 4.10. The van der Waals surface area contributed by atoms with Crippen molar-refractivity contribution in [2.24, 2.45) is 0 Å². The van der Waals surface area contributed by atoms with E-state index in [4.69, 9.17) is 21.7 Å². The Bertz CT molecular complexity index is 1230. The summed E-state index contributed by atoms with van der Waals surface area (Å²) in [6.45, 7) is 0. The third kappa shape index (κ3) is 6.36. The molecule has 33 heavy (non-hydrogen) atoms. The van der Waals surface area contributed by atoms with Crippen molar-refractivity contribution in [2.45, 2.75) is 11.1 Å². The lowest BCUT2D eigenvalue weighted by atomic mass is 10.3. The van der Waals surface area contributed by atoms with Crippen LogP contribution in [0.4, 0.5) is 29.8 Å². The van der Waals surface area contributed by atoms with Gasteiger partial charge in [0.2, 0.25) is 16.0 Å². The average Bonchev–Trinajstić information content (AvgIpc) is 3.22. The zero-order valence-corrected chi connectivity index (χ0v) is 19.1. The number of hydrogen-bond donors (Lipinski definition) is 3. The van der Waals surface area contributed by atoms with Crippen molar-refractivity contribution < 1.29 is 31.1 Å². The molecule has 0 aliphatic rings. The van der Waals surface area contributed by atoms with Crippen LogP contribution in [0.25, 0.3) is 0 Å². The summed E-state index contributed by atoms with van der Waals surface area (Å²) in [6, 6.07) is 6.57. The molecule has 3 rings (SSSR count). The maximum Gasteiger partial charge on any atom is 0.445 e. The van der Waals surface area contributed by atoms with Gasteiger partial charge in [0, 0.05) is 11.8 Å². The van der Waals surface area contributed by atoms with E-state index in [1.807, 2.05) is 0 Å². The first-order valence-corrected chi connectivity index (χ1v) is 11.3. The maximum absolute atomic E-state index is 12.6. The normalized spacial score (nSPS) is 11.5. The van der Waals surface area contributed by atoms with Crippen molar-refractivity contribution in [3.8, 4) is 11.9 Å². The van der Waals surface area contributed by atoms with Crippen LogP contribution in [-0.2, 0) is 16.2 Å². The highest BCUT2D eigenvalue weighted by molar-refractivity contribution is 7.92. The Hall–Kier alpha value is -3.31. The van der Waals surface area contributed by atoms with E-state index in [2.05, 4.69) is 35.5 Å². The molecule has 0 saturated carbocycles. The van der Waals surface area contributed by atoms with Crippen LogP contribution in [0.2, 0.25) is 0 Å². The van der Waals surface area contributed by atoms with E-state index in [-0.39, 0.29) is 44.2 Å². The number of benzene rings is 1. The van der Waals surface area contributed by atoms with Gasteiger partial charge in [0.25, 0.3) is 10.0 Å². The molecule has 0 bridgehead atoms. The molecule has 2 aromatic heterocycles. The Morgan fingerprint density at radius 2 is 1.76 bits per heavy atom. The molecule has 0 radical (unpaired) electrons. The zero-order valence-electron chi connectivity index (χ0n) is 16.7. The van der Waals surface area contributed by atoms with Crippen LogP contribution in [0.1, 0.15) is 5.01 Å². The predicted molar refractivity (Wildman–Crippen MR) is 117 cm³/mol. The highest BCUT2D eigenvalue weighted by atomic mass is 32.2. The number of rotatable bonds is 7. The summed E-state index contributed by atoms with van der Waals surface area (Å²) < 4.78 is 75.2. The molecular formula is C16H14F3N7O4S3. The molecule has 0 aliphatic carbocycles. The first-order chi connectivity index (χ1) is 15.5. The standard InChI is InChI=1S/C16H14F3N7O4S3/c1-29-11-7-10(21-13(22-11)30-2)26-33(27,28)9-5-3-8(4-6-9)20-14(31)23-15-25-24-12(32-15)16(17,18)19/h3-7H,1-2H3,(H,21,22,26)(H2,20,23,25,31). The second-order valence-electron chi connectivity index (χ2n) is 5.90. The van der Waals surface area contributed by atoms with E-state index < -0.39 is 21.2 Å². The molecule has 11 nitrogen and oxygen atoms in total. The first kappa shape index (κ1) is 24.3. The fraction of sp³-hybridized carbons (Fsp3) is 0.188. The van der Waals surface area contributed by atoms with Crippen LogP contribution < -0.4 is 24.8 Å². The number of aromatic nitrogens is 4. The number of anilines is 3. The summed E-state index contributed by atoms with van der Waals surface area (Å²) >= 11 is 5.32. The Morgan fingerprint density at radius 1 is 1.06 bits per heavy atom. The third-order valence-electron chi connectivity index (χ3n) is 3.62. The smallest absolute Gasteiger partial charge is 0.445 e. The lowest BCUT2D eigenvalue weighted by Crippen LogP contribution is -2.19. The van der Waals surface area contributed by atoms with E-state index in [1.54, 1.807) is 0 Å². The minimum absolute atomic E-state index is 0.0613. The van der Waals surface area contributed by atoms with Gasteiger partial charge in [0.15, 0.2) is 10.9 Å². The monoisotopic (exact) mass is 521 g/mol. The first-order valence-electron chi connectivity index (χ1n) is 8.59. The molecule has 176 valence electrons. The van der Waals surface area contributed by atoms with E-state index >= 15 is 0 Å². The van der Waals surface area contributed by atoms with Gasteiger partial charge in [0.05, 0.1) is 19.1 Å². The molecule has 3 N–H and O–H groups in total. The molecule has 17 heteroatoms. The number of alkyl halides is 3. The average molecular weight is 522 g/mol. The van der Waals surface area contributed by atoms with Crippen LogP contribution in [0.5, 0.6) is 11.9 Å². The van der Waals surface area contributed by atoms with Crippen molar-refractivity contribution in [3.05, 3.63) is 35.3 Å². The second-order valence-corrected chi connectivity index (χ2v) is 8.97. The van der Waals surface area contributed by atoms with Gasteiger partial charge in [-0.25, -0.2) is 8.42 Å². The number of nitrogens with zero attached hydrogens (tertiary/aromatic N) is 4. The molecule has 0 saturated heterocycles. The summed E-state index contributed by atoms with van der Waals surface area (Å²) in [4.78, 5) is 7.68. The van der Waals surface area contributed by atoms with E-state index in [0.29, 0.717) is 5.69 Å². The molecule has 0 unspecified atom stereocenters. The number of nitrogens with one attached hydrogen (secondary N) is 3. The van der Waals surface area contributed by atoms with Crippen molar-refractivity contribution in [3.63, 3.8) is 0 Å². The van der Waals surface area contributed by atoms with Crippen molar-refractivity contribution >= 4 is 55.3 Å². The van der Waals surface area contributed by atoms with Gasteiger partial charge >= 0.3 is 12.2 Å². The molecule has 2 heterocycles. The number of hydrogen-bond acceptors (Lipinski definition) is 10. The van der Waals surface area contributed by atoms with Gasteiger partial charge in [-0.3, -0.25) is 4.72 Å². The summed E-state index contributed by atoms with van der Waals surface area (Å²) in [5.74, 6) is 0.0273. The Balaban J connectivity index is 1.66. The largest absolute Gasteiger partial charge is 0.481 e. The minimum atomic E-state index is -4.61. The summed E-state index contributed by atoms with van der Waals surface area (Å²) in [6.07, 6.45) is -4.61. The van der Waals surface area contributed by atoms with E-state index in [1.165, 1.54) is 44.6 Å². The van der Waals surface area contributed by atoms with Gasteiger partial charge in [-0.15, -0.1) is 10.2 Å². The van der Waals surface area contributed by atoms with Gasteiger partial charge in [-0.1, -0.05) is 11.3 Å². The predicted octanol–water partition coefficient (Wildman–Crippen LogP) is 2.97. The number of halogens is 3. The van der Waals surface area contributed by atoms with Crippen LogP contribution in [-0.4, -0.2) is 47.9 Å². The summed E-state index contributed by atoms with van der Waals surface area (Å²) in [5, 5.41) is 10.3. The number of thiocarbonyl (C=S) groups is 1. The lowest BCUT2D eigenvalue weighted by molar-refractivity contribution is -0.138. The van der Waals surface area contributed by atoms with Crippen LogP contribution in [0.3, 0.4) is 0 Å². The second kappa shape index (κ2) is 9.67. The molecule has 3 aromatic rings. The third-order valence-corrected chi connectivity index (χ3v) is 6.08. The maximum atomic E-state index is 12.6. The molecular weight excluding hydrogens is 507 g/mol.